The second kappa shape index (κ2) is 8.97. The van der Waals surface area contributed by atoms with Crippen molar-refractivity contribution < 1.29 is 9.53 Å². The monoisotopic (exact) mass is 341 g/mol. The van der Waals surface area contributed by atoms with Gasteiger partial charge in [-0.3, -0.25) is 5.32 Å². The third kappa shape index (κ3) is 5.14. The van der Waals surface area contributed by atoms with E-state index in [1.807, 2.05) is 24.3 Å². The molecule has 25 heavy (non-hydrogen) atoms. The summed E-state index contributed by atoms with van der Waals surface area (Å²) in [6, 6.07) is 14.0. The van der Waals surface area contributed by atoms with E-state index < -0.39 is 6.09 Å². The average Bonchev–Trinajstić information content (AvgIpc) is 2.60. The summed E-state index contributed by atoms with van der Waals surface area (Å²) in [5, 5.41) is 6.10. The second-order valence-corrected chi connectivity index (χ2v) is 5.72. The van der Waals surface area contributed by atoms with Crippen molar-refractivity contribution in [3.8, 4) is 0 Å². The van der Waals surface area contributed by atoms with E-state index in [1.165, 1.54) is 11.3 Å². The molecular formula is C20H27N3O2. The number of nitrogens with one attached hydrogen (secondary N) is 2. The van der Waals surface area contributed by atoms with Gasteiger partial charge in [0.05, 0.1) is 6.61 Å². The number of nitrogens with zero attached hydrogens (tertiary/aromatic N) is 1. The van der Waals surface area contributed by atoms with Gasteiger partial charge in [0.25, 0.3) is 0 Å². The summed E-state index contributed by atoms with van der Waals surface area (Å²) < 4.78 is 4.87. The lowest BCUT2D eigenvalue weighted by Gasteiger charge is -2.22. The molecule has 5 nitrogen and oxygen atoms in total. The van der Waals surface area contributed by atoms with Crippen LogP contribution in [0.3, 0.4) is 0 Å². The predicted molar refractivity (Wildman–Crippen MR) is 105 cm³/mol. The van der Waals surface area contributed by atoms with E-state index >= 15 is 0 Å². The van der Waals surface area contributed by atoms with Crippen molar-refractivity contribution in [3.05, 3.63) is 48.0 Å². The van der Waals surface area contributed by atoms with E-state index in [2.05, 4.69) is 54.5 Å². The molecule has 134 valence electrons. The Morgan fingerprint density at radius 1 is 1.00 bits per heavy atom. The van der Waals surface area contributed by atoms with Gasteiger partial charge in [-0.2, -0.15) is 0 Å². The fourth-order valence-corrected chi connectivity index (χ4v) is 2.65. The minimum Gasteiger partial charge on any atom is -0.450 e. The Balaban J connectivity index is 2.05. The van der Waals surface area contributed by atoms with Crippen molar-refractivity contribution in [3.63, 3.8) is 0 Å². The average molecular weight is 341 g/mol. The molecule has 0 aliphatic rings. The summed E-state index contributed by atoms with van der Waals surface area (Å²) in [5.41, 5.74) is 5.17. The van der Waals surface area contributed by atoms with Gasteiger partial charge in [0.2, 0.25) is 0 Å². The normalized spacial score (nSPS) is 10.2. The molecule has 0 heterocycles. The first-order chi connectivity index (χ1) is 12.1. The summed E-state index contributed by atoms with van der Waals surface area (Å²) in [4.78, 5) is 13.7. The van der Waals surface area contributed by atoms with Crippen LogP contribution in [0, 0.1) is 6.92 Å². The minimum atomic E-state index is -0.439. The van der Waals surface area contributed by atoms with Crippen LogP contribution in [-0.4, -0.2) is 25.8 Å². The van der Waals surface area contributed by atoms with Crippen molar-refractivity contribution in [2.24, 2.45) is 0 Å². The molecule has 1 amide bonds. The van der Waals surface area contributed by atoms with Crippen LogP contribution < -0.4 is 15.5 Å². The number of carbonyl (C=O) groups excluding carboxylic acids is 1. The zero-order valence-electron chi connectivity index (χ0n) is 15.4. The maximum Gasteiger partial charge on any atom is 0.411 e. The molecule has 0 radical (unpaired) electrons. The van der Waals surface area contributed by atoms with Gasteiger partial charge in [0.1, 0.15) is 0 Å². The van der Waals surface area contributed by atoms with Crippen LogP contribution in [0.2, 0.25) is 0 Å². The number of rotatable bonds is 7. The van der Waals surface area contributed by atoms with Crippen LogP contribution in [0.4, 0.5) is 27.5 Å². The van der Waals surface area contributed by atoms with Crippen molar-refractivity contribution in [1.82, 2.24) is 0 Å². The van der Waals surface area contributed by atoms with Crippen molar-refractivity contribution in [1.29, 1.82) is 0 Å². The number of carbonyl (C=O) groups is 1. The highest BCUT2D eigenvalue weighted by molar-refractivity contribution is 5.85. The molecule has 2 N–H and O–H groups in total. The molecular weight excluding hydrogens is 314 g/mol. The number of ether oxygens (including phenoxy) is 1. The van der Waals surface area contributed by atoms with Crippen molar-refractivity contribution >= 4 is 28.8 Å². The minimum absolute atomic E-state index is 0.355. The molecule has 2 rings (SSSR count). The first kappa shape index (κ1) is 18.6. The molecule has 0 atom stereocenters. The summed E-state index contributed by atoms with van der Waals surface area (Å²) in [5.74, 6) is 0. The third-order valence-electron chi connectivity index (χ3n) is 4.02. The zero-order valence-corrected chi connectivity index (χ0v) is 15.4. The van der Waals surface area contributed by atoms with Gasteiger partial charge in [0.15, 0.2) is 0 Å². The van der Waals surface area contributed by atoms with Gasteiger partial charge >= 0.3 is 6.09 Å². The van der Waals surface area contributed by atoms with Crippen LogP contribution in [0.5, 0.6) is 0 Å². The quantitative estimate of drug-likeness (QED) is 0.731. The Bertz CT molecular complexity index is 695. The molecule has 0 bridgehead atoms. The fraction of sp³-hybridized carbons (Fsp3) is 0.350. The number of anilines is 4. The summed E-state index contributed by atoms with van der Waals surface area (Å²) >= 11 is 0. The van der Waals surface area contributed by atoms with Crippen LogP contribution in [0.15, 0.2) is 42.5 Å². The number of hydrogen-bond donors (Lipinski definition) is 2. The number of amides is 1. The van der Waals surface area contributed by atoms with Gasteiger partial charge in [-0.25, -0.2) is 4.79 Å². The van der Waals surface area contributed by atoms with Crippen molar-refractivity contribution in [2.45, 2.75) is 27.7 Å². The van der Waals surface area contributed by atoms with Gasteiger partial charge in [0, 0.05) is 35.8 Å². The molecule has 0 aliphatic carbocycles. The lowest BCUT2D eigenvalue weighted by Crippen LogP contribution is -2.21. The molecule has 2 aromatic rings. The van der Waals surface area contributed by atoms with Gasteiger partial charge < -0.3 is 15.0 Å². The fourth-order valence-electron chi connectivity index (χ4n) is 2.65. The van der Waals surface area contributed by atoms with Crippen LogP contribution >= 0.6 is 0 Å². The predicted octanol–water partition coefficient (Wildman–Crippen LogP) is 5.15. The summed E-state index contributed by atoms with van der Waals surface area (Å²) in [6.45, 7) is 10.6. The molecule has 0 spiro atoms. The molecule has 0 aliphatic heterocycles. The highest BCUT2D eigenvalue weighted by Crippen LogP contribution is 2.26. The second-order valence-electron chi connectivity index (χ2n) is 5.72. The largest absolute Gasteiger partial charge is 0.450 e. The Hall–Kier alpha value is -2.69. The molecule has 2 aromatic carbocycles. The van der Waals surface area contributed by atoms with E-state index in [9.17, 15) is 4.79 Å². The standard InChI is InChI=1S/C20H27N3O2/c1-5-23(6-2)18-12-13-19(15(4)14-18)21-16-8-10-17(11-9-16)22-20(24)25-7-3/h8-14,21H,5-7H2,1-4H3,(H,22,24). The lowest BCUT2D eigenvalue weighted by atomic mass is 10.1. The summed E-state index contributed by atoms with van der Waals surface area (Å²) in [6.07, 6.45) is -0.439. The summed E-state index contributed by atoms with van der Waals surface area (Å²) in [7, 11) is 0. The van der Waals surface area contributed by atoms with Gasteiger partial charge in [-0.15, -0.1) is 0 Å². The Kier molecular flexibility index (Phi) is 6.69. The van der Waals surface area contributed by atoms with Gasteiger partial charge in [-0.05, 0) is 75.7 Å². The SMILES string of the molecule is CCOC(=O)Nc1ccc(Nc2ccc(N(CC)CC)cc2C)cc1. The van der Waals surface area contributed by atoms with E-state index in [0.29, 0.717) is 12.3 Å². The maximum absolute atomic E-state index is 11.4. The first-order valence-electron chi connectivity index (χ1n) is 8.73. The van der Waals surface area contributed by atoms with E-state index in [0.717, 1.165) is 24.5 Å². The Labute approximate surface area is 150 Å². The molecule has 0 saturated heterocycles. The zero-order chi connectivity index (χ0) is 18.2. The third-order valence-corrected chi connectivity index (χ3v) is 4.02. The number of aryl methyl sites for hydroxylation is 1. The van der Waals surface area contributed by atoms with E-state index in [4.69, 9.17) is 4.74 Å². The lowest BCUT2D eigenvalue weighted by molar-refractivity contribution is 0.168. The number of benzene rings is 2. The highest BCUT2D eigenvalue weighted by atomic mass is 16.5. The van der Waals surface area contributed by atoms with Gasteiger partial charge in [-0.1, -0.05) is 0 Å². The molecule has 0 fully saturated rings. The first-order valence-corrected chi connectivity index (χ1v) is 8.73. The topological polar surface area (TPSA) is 53.6 Å². The van der Waals surface area contributed by atoms with Crippen LogP contribution in [0.25, 0.3) is 0 Å². The van der Waals surface area contributed by atoms with Crippen molar-refractivity contribution in [2.75, 3.05) is 35.2 Å². The Morgan fingerprint density at radius 3 is 2.20 bits per heavy atom. The highest BCUT2D eigenvalue weighted by Gasteiger charge is 2.06. The molecule has 5 heteroatoms. The van der Waals surface area contributed by atoms with E-state index in [-0.39, 0.29) is 0 Å². The molecule has 0 saturated carbocycles. The smallest absolute Gasteiger partial charge is 0.411 e. The van der Waals surface area contributed by atoms with E-state index in [1.54, 1.807) is 6.92 Å². The van der Waals surface area contributed by atoms with Crippen LogP contribution in [-0.2, 0) is 4.74 Å². The Morgan fingerprint density at radius 2 is 1.64 bits per heavy atom. The number of hydrogen-bond acceptors (Lipinski definition) is 4. The van der Waals surface area contributed by atoms with Crippen LogP contribution in [0.1, 0.15) is 26.3 Å². The maximum atomic E-state index is 11.4. The molecule has 0 aromatic heterocycles. The molecule has 0 unspecified atom stereocenters.